The summed E-state index contributed by atoms with van der Waals surface area (Å²) in [5.41, 5.74) is 6.24. The second-order valence-corrected chi connectivity index (χ2v) is 2.89. The van der Waals surface area contributed by atoms with Gasteiger partial charge in [0.1, 0.15) is 12.0 Å². The zero-order valence-corrected chi connectivity index (χ0v) is 7.83. The largest absolute Gasteiger partial charge is 0.324 e. The highest BCUT2D eigenvalue weighted by Gasteiger charge is 2.02. The van der Waals surface area contributed by atoms with Gasteiger partial charge in [-0.1, -0.05) is 0 Å². The van der Waals surface area contributed by atoms with Crippen molar-refractivity contribution < 1.29 is 0 Å². The first-order valence-corrected chi connectivity index (χ1v) is 4.21. The van der Waals surface area contributed by atoms with Crippen molar-refractivity contribution in [3.8, 4) is 0 Å². The number of hydrogen-bond donors (Lipinski definition) is 1. The Labute approximate surface area is 80.5 Å². The van der Waals surface area contributed by atoms with Crippen molar-refractivity contribution >= 4 is 0 Å². The second-order valence-electron chi connectivity index (χ2n) is 2.89. The molecule has 74 valence electrons. The molecular weight excluding hydrogens is 182 g/mol. The smallest absolute Gasteiger partial charge is 0.164 e. The molecule has 0 atom stereocenters. The van der Waals surface area contributed by atoms with Crippen LogP contribution in [0.1, 0.15) is 11.5 Å². The predicted molar refractivity (Wildman–Crippen MR) is 48.0 cm³/mol. The van der Waals surface area contributed by atoms with Gasteiger partial charge in [0.15, 0.2) is 5.82 Å². The molecule has 0 bridgehead atoms. The number of aromatic nitrogens is 6. The van der Waals surface area contributed by atoms with Crippen LogP contribution >= 0.6 is 0 Å². The van der Waals surface area contributed by atoms with E-state index in [1.165, 1.54) is 4.80 Å². The van der Waals surface area contributed by atoms with Crippen molar-refractivity contribution in [2.24, 2.45) is 12.8 Å². The molecule has 0 amide bonds. The highest BCUT2D eigenvalue weighted by atomic mass is 15.5. The Bertz CT molecular complexity index is 415. The molecule has 2 heterocycles. The van der Waals surface area contributed by atoms with Gasteiger partial charge in [0, 0.05) is 7.05 Å². The van der Waals surface area contributed by atoms with Gasteiger partial charge >= 0.3 is 0 Å². The molecule has 0 fully saturated rings. The average molecular weight is 193 g/mol. The van der Waals surface area contributed by atoms with Gasteiger partial charge in [-0.05, 0) is 0 Å². The molecule has 0 aliphatic rings. The molecule has 14 heavy (non-hydrogen) atoms. The minimum absolute atomic E-state index is 0.355. The highest BCUT2D eigenvalue weighted by Crippen LogP contribution is 1.95. The lowest BCUT2D eigenvalue weighted by atomic mass is 10.5. The first kappa shape index (κ1) is 8.82. The Morgan fingerprint density at radius 2 is 2.29 bits per heavy atom. The molecule has 2 N–H and O–H groups in total. The summed E-state index contributed by atoms with van der Waals surface area (Å²) in [5, 5.41) is 12.2. The summed E-state index contributed by atoms with van der Waals surface area (Å²) in [5.74, 6) is 0.633. The van der Waals surface area contributed by atoms with Gasteiger partial charge in [-0.25, -0.2) is 9.67 Å². The van der Waals surface area contributed by atoms with E-state index in [2.05, 4.69) is 20.3 Å². The Balaban J connectivity index is 2.10. The van der Waals surface area contributed by atoms with Crippen molar-refractivity contribution in [3.05, 3.63) is 24.0 Å². The fourth-order valence-corrected chi connectivity index (χ4v) is 1.13. The van der Waals surface area contributed by atoms with Gasteiger partial charge in [-0.2, -0.15) is 20.1 Å². The zero-order valence-electron chi connectivity index (χ0n) is 7.83. The van der Waals surface area contributed by atoms with Crippen LogP contribution in [0.4, 0.5) is 0 Å². The number of rotatable bonds is 3. The van der Waals surface area contributed by atoms with Crippen LogP contribution in [0.2, 0.25) is 0 Å². The van der Waals surface area contributed by atoms with E-state index in [4.69, 9.17) is 5.73 Å². The topological polar surface area (TPSA) is 87.4 Å². The van der Waals surface area contributed by atoms with Gasteiger partial charge in [-0.3, -0.25) is 0 Å². The molecule has 2 aromatic rings. The number of nitrogens with zero attached hydrogens (tertiary/aromatic N) is 6. The van der Waals surface area contributed by atoms with Crippen LogP contribution in [0, 0.1) is 0 Å². The summed E-state index contributed by atoms with van der Waals surface area (Å²) < 4.78 is 1.69. The first-order chi connectivity index (χ1) is 6.78. The molecule has 2 aromatic heterocycles. The fourth-order valence-electron chi connectivity index (χ4n) is 1.13. The van der Waals surface area contributed by atoms with Crippen LogP contribution in [0.3, 0.4) is 0 Å². The summed E-state index contributed by atoms with van der Waals surface area (Å²) in [4.78, 5) is 5.52. The van der Waals surface area contributed by atoms with Crippen molar-refractivity contribution in [1.82, 2.24) is 29.8 Å². The van der Waals surface area contributed by atoms with Crippen molar-refractivity contribution in [2.75, 3.05) is 0 Å². The van der Waals surface area contributed by atoms with Crippen LogP contribution < -0.4 is 5.73 Å². The van der Waals surface area contributed by atoms with Crippen molar-refractivity contribution in [1.29, 1.82) is 0 Å². The van der Waals surface area contributed by atoms with Gasteiger partial charge in [0.05, 0.1) is 19.3 Å². The van der Waals surface area contributed by atoms with E-state index in [9.17, 15) is 0 Å². The van der Waals surface area contributed by atoms with Crippen LogP contribution in [0.5, 0.6) is 0 Å². The maximum atomic E-state index is 5.39. The van der Waals surface area contributed by atoms with Gasteiger partial charge < -0.3 is 5.73 Å². The first-order valence-electron chi connectivity index (χ1n) is 4.21. The Hall–Kier alpha value is -1.76. The molecule has 0 aliphatic heterocycles. The fraction of sp³-hybridized carbons (Fsp3) is 0.429. The third-order valence-corrected chi connectivity index (χ3v) is 1.74. The molecule has 7 heteroatoms. The van der Waals surface area contributed by atoms with E-state index in [0.29, 0.717) is 18.9 Å². The molecule has 0 aliphatic carbocycles. The average Bonchev–Trinajstić information content (AvgIpc) is 2.76. The van der Waals surface area contributed by atoms with E-state index < -0.39 is 0 Å². The van der Waals surface area contributed by atoms with E-state index in [1.54, 1.807) is 24.3 Å². The second kappa shape index (κ2) is 3.54. The molecule has 0 aromatic carbocycles. The van der Waals surface area contributed by atoms with Crippen LogP contribution in [0.15, 0.2) is 12.5 Å². The lowest BCUT2D eigenvalue weighted by Gasteiger charge is -1.94. The molecule has 2 rings (SSSR count). The third-order valence-electron chi connectivity index (χ3n) is 1.74. The van der Waals surface area contributed by atoms with Gasteiger partial charge in [0.2, 0.25) is 0 Å². The predicted octanol–water partition coefficient (Wildman–Crippen LogP) is -1.09. The lowest BCUT2D eigenvalue weighted by molar-refractivity contribution is 0.616. The summed E-state index contributed by atoms with van der Waals surface area (Å²) in [6, 6.07) is 0. The Kier molecular flexibility index (Phi) is 2.23. The molecular formula is C7H11N7. The quantitative estimate of drug-likeness (QED) is 0.669. The van der Waals surface area contributed by atoms with E-state index >= 15 is 0 Å². The van der Waals surface area contributed by atoms with Crippen LogP contribution in [-0.2, 0) is 20.1 Å². The molecule has 7 nitrogen and oxygen atoms in total. The summed E-state index contributed by atoms with van der Waals surface area (Å²) in [7, 11) is 1.77. The van der Waals surface area contributed by atoms with E-state index in [1.807, 2.05) is 0 Å². The van der Waals surface area contributed by atoms with Crippen molar-refractivity contribution in [3.63, 3.8) is 0 Å². The molecule has 0 spiro atoms. The molecule has 0 radical (unpaired) electrons. The normalized spacial score (nSPS) is 10.7. The maximum absolute atomic E-state index is 5.39. The summed E-state index contributed by atoms with van der Waals surface area (Å²) in [6.45, 7) is 0.925. The highest BCUT2D eigenvalue weighted by molar-refractivity contribution is 4.92. The van der Waals surface area contributed by atoms with Crippen molar-refractivity contribution in [2.45, 2.75) is 13.1 Å². The molecule has 0 saturated heterocycles. The Morgan fingerprint density at radius 1 is 1.43 bits per heavy atom. The van der Waals surface area contributed by atoms with Gasteiger partial charge in [-0.15, -0.1) is 0 Å². The minimum Gasteiger partial charge on any atom is -0.324 e. The molecule has 0 unspecified atom stereocenters. The van der Waals surface area contributed by atoms with E-state index in [-0.39, 0.29) is 0 Å². The summed E-state index contributed by atoms with van der Waals surface area (Å²) in [6.07, 6.45) is 3.33. The number of nitrogens with two attached hydrogens (primary N) is 1. The molecule has 0 saturated carbocycles. The standard InChI is InChI=1S/C7H11N7/c1-13-10-3-6(11-13)4-14-5-9-7(2-8)12-14/h3,5H,2,4,8H2,1H3. The Morgan fingerprint density at radius 3 is 2.86 bits per heavy atom. The maximum Gasteiger partial charge on any atom is 0.164 e. The number of aryl methyl sites for hydroxylation is 1. The van der Waals surface area contributed by atoms with Crippen LogP contribution in [0.25, 0.3) is 0 Å². The third kappa shape index (κ3) is 1.77. The summed E-state index contributed by atoms with van der Waals surface area (Å²) >= 11 is 0. The lowest BCUT2D eigenvalue weighted by Crippen LogP contribution is -2.04. The van der Waals surface area contributed by atoms with Gasteiger partial charge in [0.25, 0.3) is 0 Å². The monoisotopic (exact) mass is 193 g/mol. The van der Waals surface area contributed by atoms with Crippen LogP contribution in [-0.4, -0.2) is 29.8 Å². The minimum atomic E-state index is 0.355. The zero-order chi connectivity index (χ0) is 9.97. The number of hydrogen-bond acceptors (Lipinski definition) is 5. The van der Waals surface area contributed by atoms with E-state index in [0.717, 1.165) is 5.69 Å². The SMILES string of the molecule is Cn1ncc(Cn2cnc(CN)n2)n1.